The van der Waals surface area contributed by atoms with Crippen molar-refractivity contribution >= 4 is 11.7 Å². The molecule has 0 aliphatic rings. The van der Waals surface area contributed by atoms with Crippen LogP contribution in [0.3, 0.4) is 0 Å². The average molecular weight is 219 g/mol. The monoisotopic (exact) mass is 219 g/mol. The van der Waals surface area contributed by atoms with Crippen molar-refractivity contribution in [3.63, 3.8) is 0 Å². The average Bonchev–Trinajstić information content (AvgIpc) is 2.62. The smallest absolute Gasteiger partial charge is 0.353 e. The second-order valence-corrected chi connectivity index (χ2v) is 3.24. The van der Waals surface area contributed by atoms with Gasteiger partial charge in [0.2, 0.25) is 0 Å². The fourth-order valence-electron chi connectivity index (χ4n) is 1.32. The number of H-pyrrole nitrogens is 1. The molecule has 4 N–H and O–H groups in total. The van der Waals surface area contributed by atoms with Crippen LogP contribution in [0.25, 0.3) is 5.69 Å². The number of aromatic carboxylic acids is 1. The zero-order valence-electron chi connectivity index (χ0n) is 8.18. The number of hydrogen-bond donors (Lipinski definition) is 3. The third-order valence-corrected chi connectivity index (χ3v) is 2.10. The highest BCUT2D eigenvalue weighted by Crippen LogP contribution is 2.08. The van der Waals surface area contributed by atoms with E-state index in [-0.39, 0.29) is 5.69 Å². The molecule has 0 saturated carbocycles. The molecule has 0 fully saturated rings. The molecule has 0 radical (unpaired) electrons. The predicted molar refractivity (Wildman–Crippen MR) is 57.8 cm³/mol. The molecule has 6 heteroatoms. The first-order valence-electron chi connectivity index (χ1n) is 4.49. The van der Waals surface area contributed by atoms with Gasteiger partial charge in [-0.3, -0.25) is 9.89 Å². The van der Waals surface area contributed by atoms with Gasteiger partial charge in [-0.15, -0.1) is 0 Å². The fourth-order valence-corrected chi connectivity index (χ4v) is 1.32. The van der Waals surface area contributed by atoms with Gasteiger partial charge in [-0.25, -0.2) is 9.48 Å². The number of rotatable bonds is 2. The zero-order chi connectivity index (χ0) is 11.7. The van der Waals surface area contributed by atoms with Crippen LogP contribution < -0.4 is 11.3 Å². The van der Waals surface area contributed by atoms with Gasteiger partial charge in [-0.1, -0.05) is 0 Å². The molecule has 16 heavy (non-hydrogen) atoms. The van der Waals surface area contributed by atoms with Gasteiger partial charge in [-0.05, 0) is 24.3 Å². The first kappa shape index (κ1) is 10.0. The van der Waals surface area contributed by atoms with Gasteiger partial charge in [0, 0.05) is 11.8 Å². The Kier molecular flexibility index (Phi) is 2.24. The standard InChI is InChI=1S/C10H9N3O3/c11-6-1-3-7(4-2-6)13-9(14)5-8(12-13)10(15)16/h1-5,12H,11H2,(H,15,16). The van der Waals surface area contributed by atoms with Crippen LogP contribution in [-0.2, 0) is 0 Å². The molecule has 1 aromatic carbocycles. The number of benzene rings is 1. The van der Waals surface area contributed by atoms with E-state index in [2.05, 4.69) is 5.10 Å². The topological polar surface area (TPSA) is 101 Å². The lowest BCUT2D eigenvalue weighted by atomic mass is 10.3. The number of nitrogens with one attached hydrogen (secondary N) is 1. The molecular formula is C10H9N3O3. The van der Waals surface area contributed by atoms with Crippen molar-refractivity contribution in [2.75, 3.05) is 5.73 Å². The van der Waals surface area contributed by atoms with Gasteiger partial charge in [0.1, 0.15) is 5.69 Å². The van der Waals surface area contributed by atoms with Crippen molar-refractivity contribution in [1.29, 1.82) is 0 Å². The number of aromatic amines is 1. The highest BCUT2D eigenvalue weighted by atomic mass is 16.4. The molecular weight excluding hydrogens is 210 g/mol. The lowest BCUT2D eigenvalue weighted by Gasteiger charge is -2.01. The van der Waals surface area contributed by atoms with Gasteiger partial charge >= 0.3 is 5.97 Å². The third kappa shape index (κ3) is 1.68. The van der Waals surface area contributed by atoms with E-state index < -0.39 is 11.5 Å². The van der Waals surface area contributed by atoms with Crippen LogP contribution in [0.2, 0.25) is 0 Å². The van der Waals surface area contributed by atoms with Gasteiger partial charge in [0.15, 0.2) is 0 Å². The molecule has 0 atom stereocenters. The first-order chi connectivity index (χ1) is 7.58. The number of aromatic nitrogens is 2. The molecule has 0 aliphatic carbocycles. The maximum atomic E-state index is 11.5. The maximum Gasteiger partial charge on any atom is 0.353 e. The lowest BCUT2D eigenvalue weighted by Crippen LogP contribution is -2.13. The van der Waals surface area contributed by atoms with Crippen LogP contribution in [0.4, 0.5) is 5.69 Å². The normalized spacial score (nSPS) is 10.2. The van der Waals surface area contributed by atoms with Crippen LogP contribution in [0.15, 0.2) is 35.1 Å². The SMILES string of the molecule is Nc1ccc(-n2[nH]c(C(=O)O)cc2=O)cc1. The number of carboxylic acids is 1. The Hall–Kier alpha value is -2.50. The van der Waals surface area contributed by atoms with Crippen molar-refractivity contribution in [3.05, 3.63) is 46.4 Å². The number of anilines is 1. The summed E-state index contributed by atoms with van der Waals surface area (Å²) in [5.41, 5.74) is 6.03. The predicted octanol–water partition coefficient (Wildman–Crippen LogP) is 0.446. The Labute approximate surface area is 89.9 Å². The van der Waals surface area contributed by atoms with E-state index in [0.717, 1.165) is 10.7 Å². The largest absolute Gasteiger partial charge is 0.477 e. The van der Waals surface area contributed by atoms with Gasteiger partial charge in [0.25, 0.3) is 5.56 Å². The molecule has 0 unspecified atom stereocenters. The molecule has 0 spiro atoms. The molecule has 0 saturated heterocycles. The van der Waals surface area contributed by atoms with Gasteiger partial charge in [0.05, 0.1) is 5.69 Å². The van der Waals surface area contributed by atoms with Crippen molar-refractivity contribution in [3.8, 4) is 5.69 Å². The maximum absolute atomic E-state index is 11.5. The van der Waals surface area contributed by atoms with Crippen LogP contribution in [0, 0.1) is 0 Å². The van der Waals surface area contributed by atoms with E-state index >= 15 is 0 Å². The highest BCUT2D eigenvalue weighted by molar-refractivity contribution is 5.85. The highest BCUT2D eigenvalue weighted by Gasteiger charge is 2.09. The molecule has 0 bridgehead atoms. The molecule has 2 aromatic rings. The molecule has 82 valence electrons. The molecule has 6 nitrogen and oxygen atoms in total. The minimum atomic E-state index is -1.17. The molecule has 0 aliphatic heterocycles. The van der Waals surface area contributed by atoms with Gasteiger partial charge in [-0.2, -0.15) is 0 Å². The van der Waals surface area contributed by atoms with E-state index in [1.807, 2.05) is 0 Å². The quantitative estimate of drug-likeness (QED) is 0.638. The number of carbonyl (C=O) groups is 1. The zero-order valence-corrected chi connectivity index (χ0v) is 8.18. The second-order valence-electron chi connectivity index (χ2n) is 3.24. The van der Waals surface area contributed by atoms with Crippen LogP contribution in [-0.4, -0.2) is 20.9 Å². The van der Waals surface area contributed by atoms with Crippen LogP contribution in [0.1, 0.15) is 10.5 Å². The summed E-state index contributed by atoms with van der Waals surface area (Å²) in [5.74, 6) is -1.17. The van der Waals surface area contributed by atoms with E-state index in [1.54, 1.807) is 24.3 Å². The summed E-state index contributed by atoms with van der Waals surface area (Å²) >= 11 is 0. The fraction of sp³-hybridized carbons (Fsp3) is 0. The summed E-state index contributed by atoms with van der Waals surface area (Å²) in [5, 5.41) is 11.2. The van der Waals surface area contributed by atoms with E-state index in [1.165, 1.54) is 0 Å². The number of nitrogens with two attached hydrogens (primary N) is 1. The minimum absolute atomic E-state index is 0.151. The molecule has 1 aromatic heterocycles. The lowest BCUT2D eigenvalue weighted by molar-refractivity contribution is 0.0690. The molecule has 2 rings (SSSR count). The summed E-state index contributed by atoms with van der Waals surface area (Å²) in [7, 11) is 0. The molecule has 0 amide bonds. The Morgan fingerprint density at radius 2 is 1.94 bits per heavy atom. The van der Waals surface area contributed by atoms with Gasteiger partial charge < -0.3 is 10.8 Å². The number of nitrogen functional groups attached to an aromatic ring is 1. The molecule has 1 heterocycles. The summed E-state index contributed by atoms with van der Waals surface area (Å²) in [4.78, 5) is 22.1. The number of nitrogens with zero attached hydrogens (tertiary/aromatic N) is 1. The Balaban J connectivity index is 2.52. The van der Waals surface area contributed by atoms with E-state index in [0.29, 0.717) is 11.4 Å². The Morgan fingerprint density at radius 3 is 2.44 bits per heavy atom. The Morgan fingerprint density at radius 1 is 1.31 bits per heavy atom. The van der Waals surface area contributed by atoms with Crippen LogP contribution >= 0.6 is 0 Å². The Bertz CT molecular complexity index is 580. The van der Waals surface area contributed by atoms with E-state index in [4.69, 9.17) is 10.8 Å². The third-order valence-electron chi connectivity index (χ3n) is 2.10. The van der Waals surface area contributed by atoms with Crippen molar-refractivity contribution < 1.29 is 9.90 Å². The summed E-state index contributed by atoms with van der Waals surface area (Å²) in [6, 6.07) is 7.53. The minimum Gasteiger partial charge on any atom is -0.477 e. The summed E-state index contributed by atoms with van der Waals surface area (Å²) < 4.78 is 1.14. The van der Waals surface area contributed by atoms with Crippen molar-refractivity contribution in [2.45, 2.75) is 0 Å². The van der Waals surface area contributed by atoms with E-state index in [9.17, 15) is 9.59 Å². The number of hydrogen-bond acceptors (Lipinski definition) is 3. The van der Waals surface area contributed by atoms with Crippen LogP contribution in [0.5, 0.6) is 0 Å². The first-order valence-corrected chi connectivity index (χ1v) is 4.49. The number of carboxylic acid groups (broad SMARTS) is 1. The summed E-state index contributed by atoms with van der Waals surface area (Å²) in [6.07, 6.45) is 0. The van der Waals surface area contributed by atoms with Crippen molar-refractivity contribution in [1.82, 2.24) is 9.78 Å². The summed E-state index contributed by atoms with van der Waals surface area (Å²) in [6.45, 7) is 0. The second kappa shape index (κ2) is 3.58. The van der Waals surface area contributed by atoms with Crippen molar-refractivity contribution in [2.24, 2.45) is 0 Å².